The molecule has 3 nitrogen and oxygen atoms in total. The van der Waals surface area contributed by atoms with E-state index in [9.17, 15) is 5.11 Å². The standard InChI is InChI=1S/C13H14N2O/c16-11-7-8-15(9-11)13-6-5-10-3-1-2-4-12(10)14-13/h1-6,11,16H,7-9H2/t11-/m0/s1. The van der Waals surface area contributed by atoms with E-state index in [1.807, 2.05) is 24.3 Å². The lowest BCUT2D eigenvalue weighted by atomic mass is 10.2. The van der Waals surface area contributed by atoms with Gasteiger partial charge >= 0.3 is 0 Å². The van der Waals surface area contributed by atoms with E-state index in [2.05, 4.69) is 22.0 Å². The minimum Gasteiger partial charge on any atom is -0.391 e. The van der Waals surface area contributed by atoms with Gasteiger partial charge in [0.2, 0.25) is 0 Å². The molecule has 0 unspecified atom stereocenters. The molecule has 1 aliphatic rings. The number of fused-ring (bicyclic) bond motifs is 1. The van der Waals surface area contributed by atoms with Crippen molar-refractivity contribution in [1.29, 1.82) is 0 Å². The first kappa shape index (κ1) is 9.60. The first-order chi connectivity index (χ1) is 7.83. The second-order valence-corrected chi connectivity index (χ2v) is 4.25. The highest BCUT2D eigenvalue weighted by Gasteiger charge is 2.21. The van der Waals surface area contributed by atoms with Crippen LogP contribution in [0.2, 0.25) is 0 Å². The lowest BCUT2D eigenvalue weighted by Gasteiger charge is -2.16. The van der Waals surface area contributed by atoms with Crippen LogP contribution in [0.3, 0.4) is 0 Å². The topological polar surface area (TPSA) is 36.4 Å². The number of anilines is 1. The number of hydrogen-bond donors (Lipinski definition) is 1. The van der Waals surface area contributed by atoms with Gasteiger partial charge in [-0.3, -0.25) is 0 Å². The van der Waals surface area contributed by atoms with Gasteiger partial charge in [0.25, 0.3) is 0 Å². The summed E-state index contributed by atoms with van der Waals surface area (Å²) in [5, 5.41) is 10.7. The average molecular weight is 214 g/mol. The van der Waals surface area contributed by atoms with Crippen molar-refractivity contribution >= 4 is 16.7 Å². The lowest BCUT2D eigenvalue weighted by molar-refractivity contribution is 0.198. The average Bonchev–Trinajstić information content (AvgIpc) is 2.75. The molecule has 1 aliphatic heterocycles. The van der Waals surface area contributed by atoms with Gasteiger partial charge in [-0.25, -0.2) is 4.98 Å². The zero-order valence-electron chi connectivity index (χ0n) is 9.00. The first-order valence-corrected chi connectivity index (χ1v) is 5.62. The number of aliphatic hydroxyl groups is 1. The van der Waals surface area contributed by atoms with Crippen LogP contribution in [-0.2, 0) is 0 Å². The van der Waals surface area contributed by atoms with Crippen LogP contribution >= 0.6 is 0 Å². The number of hydrogen-bond acceptors (Lipinski definition) is 3. The molecule has 2 heterocycles. The zero-order valence-corrected chi connectivity index (χ0v) is 9.00. The summed E-state index contributed by atoms with van der Waals surface area (Å²) in [4.78, 5) is 6.74. The van der Waals surface area contributed by atoms with Crippen LogP contribution in [0, 0.1) is 0 Å². The summed E-state index contributed by atoms with van der Waals surface area (Å²) >= 11 is 0. The maximum absolute atomic E-state index is 9.50. The second kappa shape index (κ2) is 3.76. The maximum atomic E-state index is 9.50. The minimum absolute atomic E-state index is 0.201. The molecule has 0 spiro atoms. The highest BCUT2D eigenvalue weighted by atomic mass is 16.3. The number of aliphatic hydroxyl groups excluding tert-OH is 1. The third-order valence-corrected chi connectivity index (χ3v) is 3.07. The van der Waals surface area contributed by atoms with Crippen LogP contribution in [0.1, 0.15) is 6.42 Å². The molecule has 0 radical (unpaired) electrons. The zero-order chi connectivity index (χ0) is 11.0. The lowest BCUT2D eigenvalue weighted by Crippen LogP contribution is -2.22. The smallest absolute Gasteiger partial charge is 0.129 e. The van der Waals surface area contributed by atoms with Crippen LogP contribution in [0.5, 0.6) is 0 Å². The molecule has 3 rings (SSSR count). The fourth-order valence-electron chi connectivity index (χ4n) is 2.18. The Bertz CT molecular complexity index is 512. The van der Waals surface area contributed by atoms with Gasteiger partial charge in [-0.15, -0.1) is 0 Å². The number of benzene rings is 1. The molecule has 1 atom stereocenters. The highest BCUT2D eigenvalue weighted by Crippen LogP contribution is 2.21. The Morgan fingerprint density at radius 3 is 2.88 bits per heavy atom. The summed E-state index contributed by atoms with van der Waals surface area (Å²) in [7, 11) is 0. The summed E-state index contributed by atoms with van der Waals surface area (Å²) in [6.45, 7) is 1.60. The molecule has 0 aliphatic carbocycles. The van der Waals surface area contributed by atoms with E-state index < -0.39 is 0 Å². The summed E-state index contributed by atoms with van der Waals surface area (Å²) in [5.74, 6) is 0.968. The number of nitrogens with zero attached hydrogens (tertiary/aromatic N) is 2. The molecule has 0 saturated carbocycles. The Hall–Kier alpha value is -1.61. The summed E-state index contributed by atoms with van der Waals surface area (Å²) < 4.78 is 0. The summed E-state index contributed by atoms with van der Waals surface area (Å²) in [6.07, 6.45) is 0.641. The third-order valence-electron chi connectivity index (χ3n) is 3.07. The van der Waals surface area contributed by atoms with Gasteiger partial charge in [-0.05, 0) is 24.6 Å². The number of rotatable bonds is 1. The SMILES string of the molecule is O[C@H]1CCN(c2ccc3ccccc3n2)C1. The molecule has 82 valence electrons. The molecule has 1 fully saturated rings. The van der Waals surface area contributed by atoms with E-state index in [1.165, 1.54) is 0 Å². The van der Waals surface area contributed by atoms with Crippen LogP contribution in [0.25, 0.3) is 10.9 Å². The van der Waals surface area contributed by atoms with Crippen molar-refractivity contribution in [3.05, 3.63) is 36.4 Å². The number of para-hydroxylation sites is 1. The van der Waals surface area contributed by atoms with E-state index in [1.54, 1.807) is 0 Å². The van der Waals surface area contributed by atoms with Gasteiger partial charge in [0.1, 0.15) is 5.82 Å². The van der Waals surface area contributed by atoms with E-state index in [0.717, 1.165) is 29.7 Å². The maximum Gasteiger partial charge on any atom is 0.129 e. The Morgan fingerprint density at radius 1 is 1.19 bits per heavy atom. The van der Waals surface area contributed by atoms with Crippen molar-refractivity contribution < 1.29 is 5.11 Å². The summed E-state index contributed by atoms with van der Waals surface area (Å²) in [6, 6.07) is 12.2. The predicted octanol–water partition coefficient (Wildman–Crippen LogP) is 1.81. The van der Waals surface area contributed by atoms with E-state index in [4.69, 9.17) is 0 Å². The van der Waals surface area contributed by atoms with Gasteiger partial charge in [0.15, 0.2) is 0 Å². The molecule has 1 aromatic heterocycles. The molecule has 3 heteroatoms. The van der Waals surface area contributed by atoms with Gasteiger partial charge in [-0.2, -0.15) is 0 Å². The molecule has 1 saturated heterocycles. The summed E-state index contributed by atoms with van der Waals surface area (Å²) in [5.41, 5.74) is 1.02. The van der Waals surface area contributed by atoms with Crippen molar-refractivity contribution in [3.8, 4) is 0 Å². The normalized spacial score (nSPS) is 20.6. The quantitative estimate of drug-likeness (QED) is 0.786. The Morgan fingerprint density at radius 2 is 2.06 bits per heavy atom. The number of pyridine rings is 1. The Kier molecular flexibility index (Phi) is 2.26. The molecule has 16 heavy (non-hydrogen) atoms. The molecule has 0 bridgehead atoms. The highest BCUT2D eigenvalue weighted by molar-refractivity contribution is 5.80. The van der Waals surface area contributed by atoms with Crippen molar-refractivity contribution in [2.75, 3.05) is 18.0 Å². The van der Waals surface area contributed by atoms with Crippen LogP contribution < -0.4 is 4.90 Å². The third kappa shape index (κ3) is 1.63. The van der Waals surface area contributed by atoms with Gasteiger partial charge in [-0.1, -0.05) is 18.2 Å². The van der Waals surface area contributed by atoms with Gasteiger partial charge < -0.3 is 10.0 Å². The molecule has 2 aromatic rings. The Balaban J connectivity index is 1.99. The van der Waals surface area contributed by atoms with Gasteiger partial charge in [0, 0.05) is 18.5 Å². The molecular weight excluding hydrogens is 200 g/mol. The van der Waals surface area contributed by atoms with E-state index in [-0.39, 0.29) is 6.10 Å². The minimum atomic E-state index is -0.201. The fourth-order valence-corrected chi connectivity index (χ4v) is 2.18. The van der Waals surface area contributed by atoms with Crippen molar-refractivity contribution in [1.82, 2.24) is 4.98 Å². The van der Waals surface area contributed by atoms with Crippen molar-refractivity contribution in [2.24, 2.45) is 0 Å². The van der Waals surface area contributed by atoms with Crippen LogP contribution in [0.4, 0.5) is 5.82 Å². The van der Waals surface area contributed by atoms with Crippen molar-refractivity contribution in [3.63, 3.8) is 0 Å². The van der Waals surface area contributed by atoms with E-state index in [0.29, 0.717) is 6.54 Å². The van der Waals surface area contributed by atoms with E-state index >= 15 is 0 Å². The molecule has 1 aromatic carbocycles. The van der Waals surface area contributed by atoms with Crippen LogP contribution in [-0.4, -0.2) is 29.3 Å². The number of aromatic nitrogens is 1. The predicted molar refractivity (Wildman–Crippen MR) is 64.6 cm³/mol. The largest absolute Gasteiger partial charge is 0.391 e. The fraction of sp³-hybridized carbons (Fsp3) is 0.308. The molecular formula is C13H14N2O. The first-order valence-electron chi connectivity index (χ1n) is 5.62. The molecule has 0 amide bonds. The van der Waals surface area contributed by atoms with Crippen LogP contribution in [0.15, 0.2) is 36.4 Å². The monoisotopic (exact) mass is 214 g/mol. The van der Waals surface area contributed by atoms with Gasteiger partial charge in [0.05, 0.1) is 11.6 Å². The Labute approximate surface area is 94.3 Å². The molecule has 1 N–H and O–H groups in total. The van der Waals surface area contributed by atoms with Crippen molar-refractivity contribution in [2.45, 2.75) is 12.5 Å². The second-order valence-electron chi connectivity index (χ2n) is 4.25. The number of β-amino-alcohol motifs (C(OH)–C–C–N with tert-alkyl or cyclic N) is 1.